The number of unbranched alkanes of at least 4 members (excludes halogenated alkanes) is 3. The van der Waals surface area contributed by atoms with Crippen LogP contribution in [-0.2, 0) is 0 Å². The lowest BCUT2D eigenvalue weighted by Crippen LogP contribution is -2.51. The molecule has 4 heteroatoms. The monoisotopic (exact) mass is 261 g/mol. The lowest BCUT2D eigenvalue weighted by molar-refractivity contribution is 0.410. The molecule has 0 rings (SSSR count). The van der Waals surface area contributed by atoms with Gasteiger partial charge in [-0.2, -0.15) is 12.6 Å². The van der Waals surface area contributed by atoms with Gasteiger partial charge in [-0.1, -0.05) is 26.2 Å². The maximum Gasteiger partial charge on any atom is 0.0332 e. The van der Waals surface area contributed by atoms with Crippen molar-refractivity contribution in [3.8, 4) is 0 Å². The highest BCUT2D eigenvalue weighted by Gasteiger charge is 2.24. The maximum atomic E-state index is 5.52. The minimum atomic E-state index is -0.0222. The molecular weight excluding hydrogens is 230 g/mol. The molecule has 0 radical (unpaired) electrons. The lowest BCUT2D eigenvalue weighted by atomic mass is 10.0. The third-order valence-electron chi connectivity index (χ3n) is 2.94. The zero-order chi connectivity index (χ0) is 13.1. The molecule has 0 amide bonds. The predicted octanol–water partition coefficient (Wildman–Crippen LogP) is 1.78. The van der Waals surface area contributed by atoms with E-state index in [2.05, 4.69) is 44.0 Å². The standard InChI is InChI=1S/C13H31N3S/c1-4-5-6-7-9-15-11-12(13(2,3)17)16-10-8-14/h12,15-17H,4-11,14H2,1-3H3. The highest BCUT2D eigenvalue weighted by Crippen LogP contribution is 2.16. The maximum absolute atomic E-state index is 5.52. The molecule has 0 aliphatic carbocycles. The number of hydrogen-bond acceptors (Lipinski definition) is 4. The van der Waals surface area contributed by atoms with Crippen LogP contribution in [0.5, 0.6) is 0 Å². The van der Waals surface area contributed by atoms with Crippen LogP contribution in [0.4, 0.5) is 0 Å². The Hall–Kier alpha value is 0.230. The van der Waals surface area contributed by atoms with Crippen molar-refractivity contribution in [1.82, 2.24) is 10.6 Å². The predicted molar refractivity (Wildman–Crippen MR) is 80.9 cm³/mol. The molecule has 1 unspecified atom stereocenters. The van der Waals surface area contributed by atoms with E-state index in [4.69, 9.17) is 5.73 Å². The van der Waals surface area contributed by atoms with Gasteiger partial charge in [0.25, 0.3) is 0 Å². The molecule has 0 saturated heterocycles. The third-order valence-corrected chi connectivity index (χ3v) is 3.26. The Bertz CT molecular complexity index is 169. The molecule has 0 aliphatic heterocycles. The minimum absolute atomic E-state index is 0.0222. The Morgan fingerprint density at radius 2 is 1.88 bits per heavy atom. The van der Waals surface area contributed by atoms with E-state index in [1.807, 2.05) is 0 Å². The minimum Gasteiger partial charge on any atom is -0.329 e. The van der Waals surface area contributed by atoms with Crippen molar-refractivity contribution in [2.75, 3.05) is 26.2 Å². The second-order valence-electron chi connectivity index (χ2n) is 5.21. The van der Waals surface area contributed by atoms with Crippen LogP contribution in [0.25, 0.3) is 0 Å². The van der Waals surface area contributed by atoms with Crippen molar-refractivity contribution in [3.05, 3.63) is 0 Å². The number of rotatable bonds is 11. The van der Waals surface area contributed by atoms with Crippen LogP contribution in [0, 0.1) is 0 Å². The smallest absolute Gasteiger partial charge is 0.0332 e. The van der Waals surface area contributed by atoms with Gasteiger partial charge in [-0.3, -0.25) is 0 Å². The first-order valence-electron chi connectivity index (χ1n) is 6.89. The van der Waals surface area contributed by atoms with Gasteiger partial charge in [0.2, 0.25) is 0 Å². The molecule has 1 atom stereocenters. The van der Waals surface area contributed by atoms with E-state index in [1.54, 1.807) is 0 Å². The highest BCUT2D eigenvalue weighted by atomic mass is 32.1. The second-order valence-corrected chi connectivity index (χ2v) is 6.37. The number of nitrogens with two attached hydrogens (primary N) is 1. The molecule has 17 heavy (non-hydrogen) atoms. The Morgan fingerprint density at radius 1 is 1.18 bits per heavy atom. The quantitative estimate of drug-likeness (QED) is 0.339. The average Bonchev–Trinajstić information content (AvgIpc) is 2.25. The molecule has 0 spiro atoms. The topological polar surface area (TPSA) is 50.1 Å². The van der Waals surface area contributed by atoms with E-state index in [0.29, 0.717) is 12.6 Å². The molecule has 0 aromatic heterocycles. The van der Waals surface area contributed by atoms with E-state index in [9.17, 15) is 0 Å². The van der Waals surface area contributed by atoms with Gasteiger partial charge in [-0.05, 0) is 26.8 Å². The third kappa shape index (κ3) is 9.89. The van der Waals surface area contributed by atoms with E-state index in [0.717, 1.165) is 19.6 Å². The first-order valence-corrected chi connectivity index (χ1v) is 7.33. The van der Waals surface area contributed by atoms with Gasteiger partial charge in [-0.15, -0.1) is 0 Å². The first kappa shape index (κ1) is 17.2. The molecule has 0 fully saturated rings. The number of thiol groups is 1. The highest BCUT2D eigenvalue weighted by molar-refractivity contribution is 7.81. The van der Waals surface area contributed by atoms with Crippen LogP contribution in [0.3, 0.4) is 0 Å². The summed E-state index contributed by atoms with van der Waals surface area (Å²) in [6.45, 7) is 10.1. The van der Waals surface area contributed by atoms with Gasteiger partial charge in [0.15, 0.2) is 0 Å². The summed E-state index contributed by atoms with van der Waals surface area (Å²) in [5.41, 5.74) is 5.52. The number of nitrogens with one attached hydrogen (secondary N) is 2. The summed E-state index contributed by atoms with van der Waals surface area (Å²) >= 11 is 4.64. The molecule has 0 heterocycles. The average molecular weight is 261 g/mol. The van der Waals surface area contributed by atoms with Crippen LogP contribution < -0.4 is 16.4 Å². The molecule has 3 nitrogen and oxygen atoms in total. The Balaban J connectivity index is 3.69. The fraction of sp³-hybridized carbons (Fsp3) is 1.00. The van der Waals surface area contributed by atoms with Crippen molar-refractivity contribution in [3.63, 3.8) is 0 Å². The molecule has 4 N–H and O–H groups in total. The first-order chi connectivity index (χ1) is 8.02. The molecule has 0 saturated carbocycles. The van der Waals surface area contributed by atoms with Crippen LogP contribution in [0.2, 0.25) is 0 Å². The van der Waals surface area contributed by atoms with Gasteiger partial charge < -0.3 is 16.4 Å². The summed E-state index contributed by atoms with van der Waals surface area (Å²) in [4.78, 5) is 0. The van der Waals surface area contributed by atoms with E-state index < -0.39 is 0 Å². The molecule has 0 aromatic rings. The fourth-order valence-corrected chi connectivity index (χ4v) is 1.94. The van der Waals surface area contributed by atoms with Crippen LogP contribution in [0.15, 0.2) is 0 Å². The summed E-state index contributed by atoms with van der Waals surface area (Å²) in [5.74, 6) is 0. The van der Waals surface area contributed by atoms with Crippen molar-refractivity contribution >= 4 is 12.6 Å². The zero-order valence-electron chi connectivity index (χ0n) is 11.8. The normalized spacial score (nSPS) is 13.9. The van der Waals surface area contributed by atoms with E-state index >= 15 is 0 Å². The SMILES string of the molecule is CCCCCCNCC(NCCN)C(C)(C)S. The largest absolute Gasteiger partial charge is 0.329 e. The van der Waals surface area contributed by atoms with Crippen molar-refractivity contribution in [2.24, 2.45) is 5.73 Å². The summed E-state index contributed by atoms with van der Waals surface area (Å²) in [6.07, 6.45) is 5.23. The summed E-state index contributed by atoms with van der Waals surface area (Å²) < 4.78 is -0.0222. The Kier molecular flexibility index (Phi) is 10.3. The molecule has 0 aromatic carbocycles. The Labute approximate surface area is 113 Å². The van der Waals surface area contributed by atoms with Crippen LogP contribution in [-0.4, -0.2) is 37.0 Å². The van der Waals surface area contributed by atoms with E-state index in [1.165, 1.54) is 25.7 Å². The molecule has 104 valence electrons. The van der Waals surface area contributed by atoms with Crippen LogP contribution in [0.1, 0.15) is 46.5 Å². The van der Waals surface area contributed by atoms with Gasteiger partial charge >= 0.3 is 0 Å². The van der Waals surface area contributed by atoms with Gasteiger partial charge in [-0.25, -0.2) is 0 Å². The molecule has 0 bridgehead atoms. The summed E-state index contributed by atoms with van der Waals surface area (Å²) in [7, 11) is 0. The summed E-state index contributed by atoms with van der Waals surface area (Å²) in [6, 6.07) is 0.362. The van der Waals surface area contributed by atoms with E-state index in [-0.39, 0.29) is 4.75 Å². The lowest BCUT2D eigenvalue weighted by Gasteiger charge is -2.31. The summed E-state index contributed by atoms with van der Waals surface area (Å²) in [5, 5.41) is 6.96. The number of hydrogen-bond donors (Lipinski definition) is 4. The van der Waals surface area contributed by atoms with Gasteiger partial charge in [0.05, 0.1) is 0 Å². The molecule has 0 aliphatic rings. The second kappa shape index (κ2) is 10.2. The fourth-order valence-electron chi connectivity index (χ4n) is 1.75. The van der Waals surface area contributed by atoms with Gasteiger partial charge in [0.1, 0.15) is 0 Å². The van der Waals surface area contributed by atoms with Crippen molar-refractivity contribution in [1.29, 1.82) is 0 Å². The van der Waals surface area contributed by atoms with Gasteiger partial charge in [0, 0.05) is 30.4 Å². The van der Waals surface area contributed by atoms with Crippen LogP contribution >= 0.6 is 12.6 Å². The van der Waals surface area contributed by atoms with Crippen molar-refractivity contribution in [2.45, 2.75) is 57.2 Å². The Morgan fingerprint density at radius 3 is 2.41 bits per heavy atom. The molecular formula is C13H31N3S. The zero-order valence-corrected chi connectivity index (χ0v) is 12.7. The van der Waals surface area contributed by atoms with Crippen molar-refractivity contribution < 1.29 is 0 Å².